The van der Waals surface area contributed by atoms with Crippen LogP contribution in [0.1, 0.15) is 15.9 Å². The molecule has 104 valence electrons. The van der Waals surface area contributed by atoms with E-state index in [0.717, 1.165) is 0 Å². The number of hydrogen-bond acceptors (Lipinski definition) is 4. The van der Waals surface area contributed by atoms with Crippen LogP contribution in [0, 0.1) is 22.5 Å². The van der Waals surface area contributed by atoms with E-state index >= 15 is 0 Å². The molecule has 0 saturated carbocycles. The zero-order valence-electron chi connectivity index (χ0n) is 10.7. The van der Waals surface area contributed by atoms with Gasteiger partial charge in [-0.25, -0.2) is 4.79 Å². The second-order valence-corrected chi connectivity index (χ2v) is 4.11. The second-order valence-electron chi connectivity index (χ2n) is 4.11. The van der Waals surface area contributed by atoms with Gasteiger partial charge in [-0.15, -0.1) is 6.42 Å². The highest BCUT2D eigenvalue weighted by Gasteiger charge is 2.24. The quantitative estimate of drug-likeness (QED) is 0.511. The Kier molecular flexibility index (Phi) is 3.86. The summed E-state index contributed by atoms with van der Waals surface area (Å²) in [6.07, 6.45) is 5.29. The van der Waals surface area contributed by atoms with Gasteiger partial charge in [-0.2, -0.15) is 0 Å². The second kappa shape index (κ2) is 5.75. The van der Waals surface area contributed by atoms with Crippen LogP contribution in [0.25, 0.3) is 0 Å². The van der Waals surface area contributed by atoms with E-state index in [1.54, 1.807) is 24.3 Å². The lowest BCUT2D eigenvalue weighted by Gasteiger charge is -2.09. The molecule has 0 amide bonds. The van der Waals surface area contributed by atoms with Gasteiger partial charge < -0.3 is 10.4 Å². The number of nitro benzene ring substituents is 1. The molecule has 0 aromatic heterocycles. The molecule has 0 aliphatic heterocycles. The third kappa shape index (κ3) is 2.98. The number of carbonyl (C=O) groups is 1. The fourth-order valence-electron chi connectivity index (χ4n) is 1.86. The molecule has 0 unspecified atom stereocenters. The van der Waals surface area contributed by atoms with E-state index in [-0.39, 0.29) is 11.3 Å². The molecule has 0 aliphatic rings. The highest BCUT2D eigenvalue weighted by Crippen LogP contribution is 2.31. The van der Waals surface area contributed by atoms with Crippen LogP contribution in [0.5, 0.6) is 0 Å². The molecule has 0 aliphatic carbocycles. The zero-order chi connectivity index (χ0) is 15.4. The van der Waals surface area contributed by atoms with Crippen molar-refractivity contribution in [1.29, 1.82) is 0 Å². The molecular weight excluding hydrogens is 272 g/mol. The van der Waals surface area contributed by atoms with Crippen molar-refractivity contribution in [3.05, 3.63) is 63.7 Å². The van der Waals surface area contributed by atoms with Crippen LogP contribution >= 0.6 is 0 Å². The average Bonchev–Trinajstić information content (AvgIpc) is 2.46. The lowest BCUT2D eigenvalue weighted by Crippen LogP contribution is -2.05. The van der Waals surface area contributed by atoms with Crippen molar-refractivity contribution in [2.45, 2.75) is 0 Å². The zero-order valence-corrected chi connectivity index (χ0v) is 10.7. The number of benzene rings is 2. The number of carboxylic acids is 1. The molecule has 2 N–H and O–H groups in total. The van der Waals surface area contributed by atoms with Gasteiger partial charge in [0.25, 0.3) is 0 Å². The standard InChI is InChI=1S/C15H10N2O4/c1-2-10-5-3-6-11(9-10)16-13-8-4-7-12(15(18)19)14(13)17(20)21/h1,3-9,16H,(H,18,19). The largest absolute Gasteiger partial charge is 0.477 e. The van der Waals surface area contributed by atoms with Crippen molar-refractivity contribution in [2.75, 3.05) is 5.32 Å². The Morgan fingerprint density at radius 3 is 2.62 bits per heavy atom. The van der Waals surface area contributed by atoms with Crippen LogP contribution in [-0.4, -0.2) is 16.0 Å². The Morgan fingerprint density at radius 2 is 2.00 bits per heavy atom. The number of nitrogens with zero attached hydrogens (tertiary/aromatic N) is 1. The van der Waals surface area contributed by atoms with Gasteiger partial charge in [-0.05, 0) is 30.3 Å². The van der Waals surface area contributed by atoms with Crippen molar-refractivity contribution in [2.24, 2.45) is 0 Å². The third-order valence-electron chi connectivity index (χ3n) is 2.76. The van der Waals surface area contributed by atoms with E-state index in [1.165, 1.54) is 18.2 Å². The summed E-state index contributed by atoms with van der Waals surface area (Å²) in [5.74, 6) is 1.09. The predicted octanol–water partition coefficient (Wildman–Crippen LogP) is 3.02. The molecular formula is C15H10N2O4. The Morgan fingerprint density at radius 1 is 1.29 bits per heavy atom. The predicted molar refractivity (Wildman–Crippen MR) is 77.7 cm³/mol. The normalized spacial score (nSPS) is 9.67. The van der Waals surface area contributed by atoms with E-state index in [2.05, 4.69) is 11.2 Å². The van der Waals surface area contributed by atoms with Crippen molar-refractivity contribution in [3.8, 4) is 12.3 Å². The highest BCUT2D eigenvalue weighted by molar-refractivity contribution is 5.96. The SMILES string of the molecule is C#Cc1cccc(Nc2cccc(C(=O)O)c2[N+](=O)[O-])c1. The molecule has 2 aromatic carbocycles. The molecule has 0 saturated heterocycles. The monoisotopic (exact) mass is 282 g/mol. The molecule has 0 atom stereocenters. The minimum atomic E-state index is -1.36. The summed E-state index contributed by atoms with van der Waals surface area (Å²) in [5, 5.41) is 23.0. The molecule has 0 heterocycles. The third-order valence-corrected chi connectivity index (χ3v) is 2.76. The van der Waals surface area contributed by atoms with Gasteiger partial charge in [0.15, 0.2) is 0 Å². The highest BCUT2D eigenvalue weighted by atomic mass is 16.6. The fourth-order valence-corrected chi connectivity index (χ4v) is 1.86. The molecule has 6 heteroatoms. The Balaban J connectivity index is 2.49. The van der Waals surface area contributed by atoms with E-state index in [4.69, 9.17) is 11.5 Å². The molecule has 2 rings (SSSR count). The van der Waals surface area contributed by atoms with Crippen molar-refractivity contribution >= 4 is 23.0 Å². The number of anilines is 2. The molecule has 0 fully saturated rings. The molecule has 0 spiro atoms. The first-order valence-electron chi connectivity index (χ1n) is 5.87. The average molecular weight is 282 g/mol. The minimum Gasteiger partial charge on any atom is -0.477 e. The van der Waals surface area contributed by atoms with Gasteiger partial charge in [0.1, 0.15) is 11.3 Å². The Hall–Kier alpha value is -3.33. The lowest BCUT2D eigenvalue weighted by atomic mass is 10.1. The minimum absolute atomic E-state index is 0.0917. The topological polar surface area (TPSA) is 92.5 Å². The number of aromatic carboxylic acids is 1. The summed E-state index contributed by atoms with van der Waals surface area (Å²) in [5.41, 5.74) is 0.372. The maximum atomic E-state index is 11.1. The molecule has 0 bridgehead atoms. The maximum Gasteiger partial charge on any atom is 0.342 e. The van der Waals surface area contributed by atoms with Crippen molar-refractivity contribution < 1.29 is 14.8 Å². The van der Waals surface area contributed by atoms with Crippen molar-refractivity contribution in [1.82, 2.24) is 0 Å². The summed E-state index contributed by atoms with van der Waals surface area (Å²) in [7, 11) is 0. The van der Waals surface area contributed by atoms with E-state index < -0.39 is 16.6 Å². The fraction of sp³-hybridized carbons (Fsp3) is 0. The Bertz CT molecular complexity index is 763. The van der Waals surface area contributed by atoms with Gasteiger partial charge in [-0.3, -0.25) is 10.1 Å². The number of nitrogens with one attached hydrogen (secondary N) is 1. The summed E-state index contributed by atoms with van der Waals surface area (Å²) in [4.78, 5) is 21.5. The lowest BCUT2D eigenvalue weighted by molar-refractivity contribution is -0.384. The Labute approximate surface area is 120 Å². The molecule has 2 aromatic rings. The van der Waals surface area contributed by atoms with Crippen LogP contribution in [0.3, 0.4) is 0 Å². The maximum absolute atomic E-state index is 11.1. The number of para-hydroxylation sites is 1. The first-order valence-corrected chi connectivity index (χ1v) is 5.87. The van der Waals surface area contributed by atoms with E-state index in [9.17, 15) is 14.9 Å². The summed E-state index contributed by atoms with van der Waals surface area (Å²) in [6.45, 7) is 0. The number of nitro groups is 1. The van der Waals surface area contributed by atoms with Crippen LogP contribution in [0.2, 0.25) is 0 Å². The number of hydrogen-bond donors (Lipinski definition) is 2. The molecule has 0 radical (unpaired) electrons. The van der Waals surface area contributed by atoms with Crippen molar-refractivity contribution in [3.63, 3.8) is 0 Å². The smallest absolute Gasteiger partial charge is 0.342 e. The first-order chi connectivity index (χ1) is 10.0. The summed E-state index contributed by atoms with van der Waals surface area (Å²) >= 11 is 0. The van der Waals surface area contributed by atoms with Gasteiger partial charge in [0.2, 0.25) is 0 Å². The summed E-state index contributed by atoms with van der Waals surface area (Å²) in [6, 6.07) is 10.8. The van der Waals surface area contributed by atoms with Gasteiger partial charge in [-0.1, -0.05) is 18.1 Å². The number of carboxylic acid groups (broad SMARTS) is 1. The van der Waals surface area contributed by atoms with Gasteiger partial charge in [0.05, 0.1) is 4.92 Å². The molecule has 21 heavy (non-hydrogen) atoms. The number of rotatable bonds is 4. The molecule has 6 nitrogen and oxygen atoms in total. The first kappa shape index (κ1) is 14.1. The van der Waals surface area contributed by atoms with E-state index in [0.29, 0.717) is 11.3 Å². The summed E-state index contributed by atoms with van der Waals surface area (Å²) < 4.78 is 0. The van der Waals surface area contributed by atoms with Crippen LogP contribution in [0.4, 0.5) is 17.1 Å². The van der Waals surface area contributed by atoms with Gasteiger partial charge >= 0.3 is 11.7 Å². The number of terminal acetylenes is 1. The van der Waals surface area contributed by atoms with Crippen LogP contribution in [0.15, 0.2) is 42.5 Å². The van der Waals surface area contributed by atoms with Gasteiger partial charge in [0, 0.05) is 11.3 Å². The van der Waals surface area contributed by atoms with E-state index in [1.807, 2.05) is 0 Å². The van der Waals surface area contributed by atoms with Crippen LogP contribution < -0.4 is 5.32 Å². The van der Waals surface area contributed by atoms with Crippen LogP contribution in [-0.2, 0) is 0 Å².